The Kier molecular flexibility index (Phi) is 3.92. The molecule has 23 heavy (non-hydrogen) atoms. The van der Waals surface area contributed by atoms with Crippen molar-refractivity contribution >= 4 is 11.5 Å². The van der Waals surface area contributed by atoms with Crippen LogP contribution < -0.4 is 4.74 Å². The van der Waals surface area contributed by atoms with E-state index in [-0.39, 0.29) is 0 Å². The quantitative estimate of drug-likeness (QED) is 0.880. The lowest BCUT2D eigenvalue weighted by atomic mass is 9.96. The molecule has 0 bridgehead atoms. The first-order chi connectivity index (χ1) is 11.0. The van der Waals surface area contributed by atoms with Crippen LogP contribution in [0.3, 0.4) is 0 Å². The van der Waals surface area contributed by atoms with E-state index in [4.69, 9.17) is 9.47 Å². The molecule has 1 atom stereocenters. The van der Waals surface area contributed by atoms with Gasteiger partial charge >= 0.3 is 5.97 Å². The van der Waals surface area contributed by atoms with Gasteiger partial charge in [-0.05, 0) is 30.2 Å². The van der Waals surface area contributed by atoms with Crippen molar-refractivity contribution in [1.82, 2.24) is 0 Å². The number of esters is 1. The van der Waals surface area contributed by atoms with Gasteiger partial charge in [-0.3, -0.25) is 0 Å². The summed E-state index contributed by atoms with van der Waals surface area (Å²) in [4.78, 5) is 11.6. The molecule has 0 saturated heterocycles. The summed E-state index contributed by atoms with van der Waals surface area (Å²) in [6.45, 7) is 3.61. The molecule has 0 spiro atoms. The predicted molar refractivity (Wildman–Crippen MR) is 86.5 cm³/mol. The van der Waals surface area contributed by atoms with Crippen molar-refractivity contribution in [3.05, 3.63) is 71.3 Å². The van der Waals surface area contributed by atoms with E-state index in [1.807, 2.05) is 54.6 Å². The fourth-order valence-electron chi connectivity index (χ4n) is 2.70. The molecule has 0 fully saturated rings. The lowest BCUT2D eigenvalue weighted by Gasteiger charge is -2.20. The Balaban J connectivity index is 1.76. The molecular weight excluding hydrogens is 292 g/mol. The summed E-state index contributed by atoms with van der Waals surface area (Å²) >= 11 is 0. The molecule has 0 saturated carbocycles. The normalized spacial score (nSPS) is 20.6. The Hall–Kier alpha value is -2.59. The summed E-state index contributed by atoms with van der Waals surface area (Å²) in [6, 6.07) is 17.2. The molecule has 2 aromatic rings. The van der Waals surface area contributed by atoms with Crippen molar-refractivity contribution in [3.8, 4) is 5.75 Å². The number of hydrogen-bond donors (Lipinski definition) is 1. The van der Waals surface area contributed by atoms with Gasteiger partial charge in [0, 0.05) is 18.1 Å². The molecule has 1 N–H and O–H groups in total. The second-order valence-corrected chi connectivity index (χ2v) is 5.67. The number of hydrogen-bond acceptors (Lipinski definition) is 4. The Bertz CT molecular complexity index is 743. The highest BCUT2D eigenvalue weighted by Gasteiger charge is 2.41. The molecule has 1 aliphatic heterocycles. The molecule has 0 aliphatic carbocycles. The average Bonchev–Trinajstić information content (AvgIpc) is 2.75. The highest BCUT2D eigenvalue weighted by Crippen LogP contribution is 2.38. The van der Waals surface area contributed by atoms with Gasteiger partial charge in [0.1, 0.15) is 12.4 Å². The van der Waals surface area contributed by atoms with Crippen LogP contribution in [0.25, 0.3) is 5.57 Å². The van der Waals surface area contributed by atoms with E-state index in [1.54, 1.807) is 6.92 Å². The Morgan fingerprint density at radius 2 is 1.74 bits per heavy atom. The van der Waals surface area contributed by atoms with Crippen LogP contribution in [-0.4, -0.2) is 16.9 Å². The third kappa shape index (κ3) is 3.12. The van der Waals surface area contributed by atoms with E-state index in [2.05, 4.69) is 0 Å². The van der Waals surface area contributed by atoms with Crippen LogP contribution >= 0.6 is 0 Å². The van der Waals surface area contributed by atoms with Crippen LogP contribution in [0.2, 0.25) is 0 Å². The van der Waals surface area contributed by atoms with Gasteiger partial charge < -0.3 is 14.6 Å². The van der Waals surface area contributed by atoms with Crippen LogP contribution in [0.4, 0.5) is 0 Å². The van der Waals surface area contributed by atoms with E-state index in [0.29, 0.717) is 17.8 Å². The zero-order valence-electron chi connectivity index (χ0n) is 13.1. The van der Waals surface area contributed by atoms with Gasteiger partial charge in [-0.25, -0.2) is 4.79 Å². The Labute approximate surface area is 135 Å². The second kappa shape index (κ2) is 5.89. The molecule has 118 valence electrons. The van der Waals surface area contributed by atoms with Gasteiger partial charge in [0.15, 0.2) is 0 Å². The predicted octanol–water partition coefficient (Wildman–Crippen LogP) is 3.30. The fraction of sp³-hybridized carbons (Fsp3) is 0.211. The third-order valence-electron chi connectivity index (χ3n) is 3.83. The number of benzene rings is 2. The molecule has 0 aromatic heterocycles. The van der Waals surface area contributed by atoms with Crippen LogP contribution in [-0.2, 0) is 16.1 Å². The number of rotatable bonds is 4. The van der Waals surface area contributed by atoms with E-state index in [1.165, 1.54) is 6.92 Å². The zero-order valence-corrected chi connectivity index (χ0v) is 13.1. The lowest BCUT2D eigenvalue weighted by Crippen LogP contribution is -2.26. The molecule has 0 amide bonds. The number of carbonyl (C=O) groups is 1. The maximum Gasteiger partial charge on any atom is 0.337 e. The number of cyclic esters (lactones) is 1. The maximum atomic E-state index is 11.6. The van der Waals surface area contributed by atoms with Crippen LogP contribution in [0.15, 0.2) is 60.2 Å². The first kappa shape index (κ1) is 15.3. The van der Waals surface area contributed by atoms with Gasteiger partial charge in [-0.15, -0.1) is 0 Å². The minimum Gasteiger partial charge on any atom is -0.489 e. The fourth-order valence-corrected chi connectivity index (χ4v) is 2.70. The highest BCUT2D eigenvalue weighted by molar-refractivity contribution is 6.03. The minimum absolute atomic E-state index is 0.424. The van der Waals surface area contributed by atoms with Crippen LogP contribution in [0, 0.1) is 0 Å². The third-order valence-corrected chi connectivity index (χ3v) is 3.83. The van der Waals surface area contributed by atoms with Gasteiger partial charge in [-0.1, -0.05) is 42.5 Å². The minimum atomic E-state index is -1.59. The SMILES string of the molecule is CC1=C(c2ccc(OCc3ccccc3)cc2)[C@@](C)(O)OC1=O. The van der Waals surface area contributed by atoms with Crippen molar-refractivity contribution in [2.75, 3.05) is 0 Å². The molecule has 0 radical (unpaired) electrons. The smallest absolute Gasteiger partial charge is 0.337 e. The number of ether oxygens (including phenoxy) is 2. The van der Waals surface area contributed by atoms with Crippen molar-refractivity contribution in [1.29, 1.82) is 0 Å². The molecule has 3 rings (SSSR count). The second-order valence-electron chi connectivity index (χ2n) is 5.67. The summed E-state index contributed by atoms with van der Waals surface area (Å²) < 4.78 is 10.7. The van der Waals surface area contributed by atoms with Crippen LogP contribution in [0.5, 0.6) is 5.75 Å². The van der Waals surface area contributed by atoms with Crippen molar-refractivity contribution in [3.63, 3.8) is 0 Å². The van der Waals surface area contributed by atoms with E-state index in [0.717, 1.165) is 16.9 Å². The van der Waals surface area contributed by atoms with Crippen LogP contribution in [0.1, 0.15) is 25.0 Å². The largest absolute Gasteiger partial charge is 0.489 e. The molecule has 4 nitrogen and oxygen atoms in total. The van der Waals surface area contributed by atoms with Crippen molar-refractivity contribution < 1.29 is 19.4 Å². The molecule has 1 aliphatic rings. The number of aliphatic hydroxyl groups is 1. The molecule has 1 heterocycles. The Morgan fingerprint density at radius 1 is 1.09 bits per heavy atom. The summed E-state index contributed by atoms with van der Waals surface area (Å²) in [5.74, 6) is -1.36. The topological polar surface area (TPSA) is 55.8 Å². The molecule has 4 heteroatoms. The van der Waals surface area contributed by atoms with Gasteiger partial charge in [0.25, 0.3) is 0 Å². The van der Waals surface area contributed by atoms with Crippen molar-refractivity contribution in [2.24, 2.45) is 0 Å². The summed E-state index contributed by atoms with van der Waals surface area (Å²) in [5.41, 5.74) is 2.75. The maximum absolute atomic E-state index is 11.6. The number of carbonyl (C=O) groups excluding carboxylic acids is 1. The van der Waals surface area contributed by atoms with Crippen molar-refractivity contribution in [2.45, 2.75) is 26.2 Å². The summed E-state index contributed by atoms with van der Waals surface area (Å²) in [7, 11) is 0. The lowest BCUT2D eigenvalue weighted by molar-refractivity contribution is -0.170. The standard InChI is InChI=1S/C19H18O4/c1-13-17(19(2,21)23-18(13)20)15-8-10-16(11-9-15)22-12-14-6-4-3-5-7-14/h3-11,21H,12H2,1-2H3/t19-/m0/s1. The van der Waals surface area contributed by atoms with Gasteiger partial charge in [-0.2, -0.15) is 0 Å². The first-order valence-corrected chi connectivity index (χ1v) is 7.41. The van der Waals surface area contributed by atoms with Gasteiger partial charge in [0.2, 0.25) is 5.79 Å². The monoisotopic (exact) mass is 310 g/mol. The first-order valence-electron chi connectivity index (χ1n) is 7.41. The van der Waals surface area contributed by atoms with E-state index < -0.39 is 11.8 Å². The van der Waals surface area contributed by atoms with E-state index in [9.17, 15) is 9.90 Å². The van der Waals surface area contributed by atoms with Gasteiger partial charge in [0.05, 0.1) is 0 Å². The highest BCUT2D eigenvalue weighted by atomic mass is 16.7. The van der Waals surface area contributed by atoms with E-state index >= 15 is 0 Å². The molecule has 2 aromatic carbocycles. The Morgan fingerprint density at radius 3 is 2.30 bits per heavy atom. The zero-order chi connectivity index (χ0) is 16.4. The summed E-state index contributed by atoms with van der Waals surface area (Å²) in [5, 5.41) is 10.2. The molecular formula is C19H18O4. The average molecular weight is 310 g/mol. The molecule has 0 unspecified atom stereocenters. The summed E-state index contributed by atoms with van der Waals surface area (Å²) in [6.07, 6.45) is 0.